The number of ether oxygens (including phenoxy) is 1. The molecule has 0 saturated carbocycles. The van der Waals surface area contributed by atoms with E-state index >= 15 is 0 Å². The Kier molecular flexibility index (Phi) is 5.83. The maximum Gasteiger partial charge on any atom is 0.323 e. The molecule has 0 atom stereocenters. The van der Waals surface area contributed by atoms with Gasteiger partial charge in [0.15, 0.2) is 6.61 Å². The zero-order valence-corrected chi connectivity index (χ0v) is 17.7. The number of benzene rings is 3. The number of nitrogens with one attached hydrogen (secondary N) is 1. The molecule has 0 bridgehead atoms. The maximum absolute atomic E-state index is 13.1. The molecule has 0 saturated heterocycles. The number of anilines is 2. The molecule has 1 amide bonds. The highest BCUT2D eigenvalue weighted by atomic mass is 32.2. The third-order valence-corrected chi connectivity index (χ3v) is 6.34. The summed E-state index contributed by atoms with van der Waals surface area (Å²) in [6.45, 7) is -0.899. The number of sulfonamides is 1. The van der Waals surface area contributed by atoms with Gasteiger partial charge in [-0.3, -0.25) is 19.2 Å². The van der Waals surface area contributed by atoms with Gasteiger partial charge in [-0.05, 0) is 41.8 Å². The lowest BCUT2D eigenvalue weighted by atomic mass is 10.0. The van der Waals surface area contributed by atoms with Crippen LogP contribution in [0.1, 0.15) is 11.1 Å². The SMILES string of the molecule is O=C(O)CN1C(=O)COc2ccc(S(=O)(=O)Nc3ccccc3Cc3ccccc3)cc21. The van der Waals surface area contributed by atoms with Crippen molar-refractivity contribution in [3.63, 3.8) is 0 Å². The Morgan fingerprint density at radius 1 is 1.03 bits per heavy atom. The first-order chi connectivity index (χ1) is 15.3. The molecule has 4 rings (SSSR count). The number of hydrogen-bond acceptors (Lipinski definition) is 5. The van der Waals surface area contributed by atoms with Gasteiger partial charge in [-0.15, -0.1) is 0 Å². The van der Waals surface area contributed by atoms with Crippen LogP contribution < -0.4 is 14.4 Å². The Balaban J connectivity index is 1.65. The van der Waals surface area contributed by atoms with E-state index in [1.54, 1.807) is 12.1 Å². The summed E-state index contributed by atoms with van der Waals surface area (Å²) in [5, 5.41) is 9.12. The number of aliphatic carboxylic acids is 1. The van der Waals surface area contributed by atoms with Crippen molar-refractivity contribution in [1.29, 1.82) is 0 Å². The van der Waals surface area contributed by atoms with Gasteiger partial charge in [0.05, 0.1) is 16.3 Å². The minimum Gasteiger partial charge on any atom is -0.482 e. The minimum atomic E-state index is -4.02. The Hall–Kier alpha value is -3.85. The summed E-state index contributed by atoms with van der Waals surface area (Å²) >= 11 is 0. The molecule has 32 heavy (non-hydrogen) atoms. The zero-order chi connectivity index (χ0) is 22.7. The van der Waals surface area contributed by atoms with Gasteiger partial charge >= 0.3 is 5.97 Å². The average molecular weight is 452 g/mol. The third kappa shape index (κ3) is 4.57. The van der Waals surface area contributed by atoms with Gasteiger partial charge in [0.1, 0.15) is 12.3 Å². The molecular formula is C23H20N2O6S. The first-order valence-electron chi connectivity index (χ1n) is 9.77. The second kappa shape index (κ2) is 8.72. The van der Waals surface area contributed by atoms with E-state index in [2.05, 4.69) is 4.72 Å². The Labute approximate surface area is 185 Å². The quantitative estimate of drug-likeness (QED) is 0.570. The largest absolute Gasteiger partial charge is 0.482 e. The highest BCUT2D eigenvalue weighted by Crippen LogP contribution is 2.35. The summed E-state index contributed by atoms with van der Waals surface area (Å²) in [6.07, 6.45) is 0.540. The standard InChI is InChI=1S/C23H20N2O6S/c26-22-15-31-21-11-10-18(13-20(21)25(22)14-23(27)28)32(29,30)24-19-9-5-4-8-17(19)12-16-6-2-1-3-7-16/h1-11,13,24H,12,14-15H2,(H,27,28). The fourth-order valence-corrected chi connectivity index (χ4v) is 4.57. The van der Waals surface area contributed by atoms with E-state index in [0.717, 1.165) is 16.0 Å². The van der Waals surface area contributed by atoms with Gasteiger partial charge in [0.25, 0.3) is 15.9 Å². The molecule has 1 heterocycles. The Morgan fingerprint density at radius 2 is 1.75 bits per heavy atom. The first-order valence-corrected chi connectivity index (χ1v) is 11.3. The molecule has 0 radical (unpaired) electrons. The first kappa shape index (κ1) is 21.4. The number of carbonyl (C=O) groups excluding carboxylic acids is 1. The van der Waals surface area contributed by atoms with Crippen molar-refractivity contribution in [2.45, 2.75) is 11.3 Å². The predicted molar refractivity (Wildman–Crippen MR) is 118 cm³/mol. The lowest BCUT2D eigenvalue weighted by molar-refractivity contribution is -0.137. The van der Waals surface area contributed by atoms with Gasteiger partial charge in [-0.1, -0.05) is 48.5 Å². The fraction of sp³-hybridized carbons (Fsp3) is 0.130. The zero-order valence-electron chi connectivity index (χ0n) is 16.9. The minimum absolute atomic E-state index is 0.101. The molecule has 3 aromatic carbocycles. The number of fused-ring (bicyclic) bond motifs is 1. The molecule has 8 nitrogen and oxygen atoms in total. The van der Waals surface area contributed by atoms with Crippen molar-refractivity contribution in [2.24, 2.45) is 0 Å². The molecule has 1 aliphatic rings. The summed E-state index contributed by atoms with van der Waals surface area (Å²) < 4.78 is 34.2. The van der Waals surface area contributed by atoms with E-state index in [9.17, 15) is 18.0 Å². The molecule has 0 aromatic heterocycles. The van der Waals surface area contributed by atoms with Gasteiger partial charge < -0.3 is 9.84 Å². The van der Waals surface area contributed by atoms with E-state index in [1.165, 1.54) is 18.2 Å². The van der Waals surface area contributed by atoms with Gasteiger partial charge in [0, 0.05) is 0 Å². The lowest BCUT2D eigenvalue weighted by Gasteiger charge is -2.28. The van der Waals surface area contributed by atoms with Crippen LogP contribution in [0, 0.1) is 0 Å². The highest BCUT2D eigenvalue weighted by molar-refractivity contribution is 7.92. The lowest BCUT2D eigenvalue weighted by Crippen LogP contribution is -2.42. The van der Waals surface area contributed by atoms with Gasteiger partial charge in [-0.2, -0.15) is 0 Å². The second-order valence-corrected chi connectivity index (χ2v) is 8.90. The summed E-state index contributed by atoms with van der Waals surface area (Å²) in [5.41, 5.74) is 2.37. The highest BCUT2D eigenvalue weighted by Gasteiger charge is 2.29. The average Bonchev–Trinajstić information content (AvgIpc) is 2.77. The number of rotatable bonds is 7. The number of carboxylic acid groups (broad SMARTS) is 1. The van der Waals surface area contributed by atoms with E-state index in [0.29, 0.717) is 12.1 Å². The molecule has 0 aliphatic carbocycles. The van der Waals surface area contributed by atoms with Crippen LogP contribution in [0.5, 0.6) is 5.75 Å². The van der Waals surface area contributed by atoms with E-state index in [-0.39, 0.29) is 22.9 Å². The van der Waals surface area contributed by atoms with Crippen LogP contribution in [0.25, 0.3) is 0 Å². The number of hydrogen-bond donors (Lipinski definition) is 2. The van der Waals surface area contributed by atoms with Crippen molar-refractivity contribution in [3.8, 4) is 5.75 Å². The van der Waals surface area contributed by atoms with Gasteiger partial charge in [0.2, 0.25) is 0 Å². The number of amides is 1. The number of para-hydroxylation sites is 1. The molecule has 0 spiro atoms. The van der Waals surface area contributed by atoms with E-state index in [1.807, 2.05) is 42.5 Å². The Bertz CT molecular complexity index is 1270. The van der Waals surface area contributed by atoms with Crippen LogP contribution in [0.4, 0.5) is 11.4 Å². The van der Waals surface area contributed by atoms with Crippen molar-refractivity contribution in [3.05, 3.63) is 83.9 Å². The van der Waals surface area contributed by atoms with Crippen molar-refractivity contribution in [1.82, 2.24) is 0 Å². The van der Waals surface area contributed by atoms with E-state index < -0.39 is 28.4 Å². The maximum atomic E-state index is 13.1. The molecule has 3 aromatic rings. The molecule has 1 aliphatic heterocycles. The predicted octanol–water partition coefficient (Wildman–Crippen LogP) is 2.89. The van der Waals surface area contributed by atoms with Crippen LogP contribution in [0.15, 0.2) is 77.7 Å². The van der Waals surface area contributed by atoms with Crippen LogP contribution in [-0.4, -0.2) is 38.6 Å². The van der Waals surface area contributed by atoms with Crippen molar-refractivity contribution < 1.29 is 27.9 Å². The number of carbonyl (C=O) groups is 2. The van der Waals surface area contributed by atoms with Gasteiger partial charge in [-0.25, -0.2) is 8.42 Å². The molecule has 0 fully saturated rings. The monoisotopic (exact) mass is 452 g/mol. The smallest absolute Gasteiger partial charge is 0.323 e. The molecule has 2 N–H and O–H groups in total. The Morgan fingerprint density at radius 3 is 2.50 bits per heavy atom. The van der Waals surface area contributed by atoms with E-state index in [4.69, 9.17) is 9.84 Å². The summed E-state index contributed by atoms with van der Waals surface area (Å²) in [5.74, 6) is -1.53. The number of nitrogens with zero attached hydrogens (tertiary/aromatic N) is 1. The molecule has 0 unspecified atom stereocenters. The summed E-state index contributed by atoms with van der Waals surface area (Å²) in [7, 11) is -4.02. The van der Waals surface area contributed by atoms with Crippen LogP contribution in [0.2, 0.25) is 0 Å². The van der Waals surface area contributed by atoms with Crippen LogP contribution in [-0.2, 0) is 26.0 Å². The van der Waals surface area contributed by atoms with Crippen molar-refractivity contribution >= 4 is 33.3 Å². The van der Waals surface area contributed by atoms with Crippen LogP contribution >= 0.6 is 0 Å². The van der Waals surface area contributed by atoms with Crippen LogP contribution in [0.3, 0.4) is 0 Å². The number of carboxylic acids is 1. The summed E-state index contributed by atoms with van der Waals surface area (Å²) in [4.78, 5) is 24.2. The third-order valence-electron chi connectivity index (χ3n) is 4.98. The molecule has 9 heteroatoms. The normalized spacial score (nSPS) is 13.2. The van der Waals surface area contributed by atoms with Crippen molar-refractivity contribution in [2.75, 3.05) is 22.8 Å². The fourth-order valence-electron chi connectivity index (χ4n) is 3.45. The molecule has 164 valence electrons. The second-order valence-electron chi connectivity index (χ2n) is 7.22. The molecular weight excluding hydrogens is 432 g/mol. The topological polar surface area (TPSA) is 113 Å². The summed E-state index contributed by atoms with van der Waals surface area (Å²) in [6, 6.07) is 20.8.